The topological polar surface area (TPSA) is 29.3 Å². The van der Waals surface area contributed by atoms with Gasteiger partial charge in [0, 0.05) is 29.1 Å². The maximum absolute atomic E-state index is 6.17. The Labute approximate surface area is 111 Å². The zero-order valence-electron chi connectivity index (χ0n) is 11.5. The van der Waals surface area contributed by atoms with Crippen molar-refractivity contribution in [3.8, 4) is 0 Å². The van der Waals surface area contributed by atoms with Crippen LogP contribution in [-0.4, -0.2) is 40.6 Å². The van der Waals surface area contributed by atoms with Gasteiger partial charge < -0.3 is 5.73 Å². The molecule has 2 saturated heterocycles. The Morgan fingerprint density at radius 3 is 2.82 bits per heavy atom. The summed E-state index contributed by atoms with van der Waals surface area (Å²) in [6.07, 6.45) is 8.17. The molecule has 3 atom stereocenters. The van der Waals surface area contributed by atoms with Gasteiger partial charge in [0.2, 0.25) is 0 Å². The minimum atomic E-state index is 0.324. The molecule has 0 aliphatic carbocycles. The first-order chi connectivity index (χ1) is 8.22. The zero-order valence-corrected chi connectivity index (χ0v) is 12.3. The summed E-state index contributed by atoms with van der Waals surface area (Å²) in [5.41, 5.74) is 6.49. The van der Waals surface area contributed by atoms with E-state index in [0.717, 1.165) is 17.8 Å². The van der Waals surface area contributed by atoms with Gasteiger partial charge in [0.25, 0.3) is 0 Å². The van der Waals surface area contributed by atoms with Crippen molar-refractivity contribution in [3.63, 3.8) is 0 Å². The summed E-state index contributed by atoms with van der Waals surface area (Å²) in [6.45, 7) is 6.81. The molecule has 17 heavy (non-hydrogen) atoms. The van der Waals surface area contributed by atoms with Crippen LogP contribution in [0.25, 0.3) is 0 Å². The number of nitrogens with zero attached hydrogens (tertiary/aromatic N) is 1. The van der Waals surface area contributed by atoms with E-state index in [0.29, 0.717) is 5.54 Å². The van der Waals surface area contributed by atoms with E-state index < -0.39 is 0 Å². The third-order valence-corrected chi connectivity index (χ3v) is 5.98. The second-order valence-corrected chi connectivity index (χ2v) is 7.31. The number of hydrogen-bond donors (Lipinski definition) is 1. The predicted molar refractivity (Wildman–Crippen MR) is 77.6 cm³/mol. The zero-order chi connectivity index (χ0) is 12.3. The van der Waals surface area contributed by atoms with Gasteiger partial charge in [0.05, 0.1) is 0 Å². The molecule has 2 heterocycles. The number of rotatable bonds is 4. The summed E-state index contributed by atoms with van der Waals surface area (Å²) in [7, 11) is 0. The molecular weight excluding hydrogens is 228 g/mol. The summed E-state index contributed by atoms with van der Waals surface area (Å²) >= 11 is 2.12. The van der Waals surface area contributed by atoms with Gasteiger partial charge in [-0.1, -0.05) is 26.7 Å². The Hall–Kier alpha value is 0.270. The Balaban J connectivity index is 2.10. The molecule has 2 fully saturated rings. The molecule has 0 aromatic rings. The lowest BCUT2D eigenvalue weighted by Crippen LogP contribution is -2.59. The van der Waals surface area contributed by atoms with Gasteiger partial charge in [0.15, 0.2) is 0 Å². The highest BCUT2D eigenvalue weighted by molar-refractivity contribution is 8.00. The van der Waals surface area contributed by atoms with Gasteiger partial charge >= 0.3 is 0 Å². The average molecular weight is 256 g/mol. The molecule has 3 heteroatoms. The Bertz CT molecular complexity index is 244. The Kier molecular flexibility index (Phi) is 4.79. The summed E-state index contributed by atoms with van der Waals surface area (Å²) in [4.78, 5) is 2.80. The summed E-state index contributed by atoms with van der Waals surface area (Å²) in [5, 5.41) is 0.794. The second-order valence-electron chi connectivity index (χ2n) is 5.89. The van der Waals surface area contributed by atoms with Crippen LogP contribution in [0.3, 0.4) is 0 Å². The van der Waals surface area contributed by atoms with Crippen LogP contribution in [0.15, 0.2) is 0 Å². The fourth-order valence-corrected chi connectivity index (χ4v) is 5.09. The highest BCUT2D eigenvalue weighted by Gasteiger charge is 2.44. The van der Waals surface area contributed by atoms with Crippen molar-refractivity contribution >= 4 is 11.8 Å². The predicted octanol–water partition coefficient (Wildman–Crippen LogP) is 2.86. The lowest BCUT2D eigenvalue weighted by atomic mass is 9.87. The van der Waals surface area contributed by atoms with Crippen molar-refractivity contribution < 1.29 is 0 Å². The van der Waals surface area contributed by atoms with Crippen molar-refractivity contribution in [2.45, 2.75) is 69.2 Å². The van der Waals surface area contributed by atoms with E-state index >= 15 is 0 Å². The molecule has 0 aromatic carbocycles. The molecular formula is C14H28N2S. The van der Waals surface area contributed by atoms with Gasteiger partial charge in [-0.05, 0) is 32.2 Å². The fourth-order valence-electron chi connectivity index (χ4n) is 3.67. The van der Waals surface area contributed by atoms with Gasteiger partial charge in [-0.2, -0.15) is 11.8 Å². The highest BCUT2D eigenvalue weighted by Crippen LogP contribution is 2.41. The van der Waals surface area contributed by atoms with E-state index in [1.165, 1.54) is 50.8 Å². The third-order valence-electron chi connectivity index (χ3n) is 4.54. The van der Waals surface area contributed by atoms with Crippen LogP contribution in [0, 0.1) is 0 Å². The van der Waals surface area contributed by atoms with Crippen LogP contribution < -0.4 is 5.73 Å². The van der Waals surface area contributed by atoms with E-state index in [4.69, 9.17) is 5.73 Å². The minimum Gasteiger partial charge on any atom is -0.329 e. The Morgan fingerprint density at radius 2 is 2.24 bits per heavy atom. The second kappa shape index (κ2) is 5.94. The number of nitrogens with two attached hydrogens (primary N) is 1. The molecule has 100 valence electrons. The summed E-state index contributed by atoms with van der Waals surface area (Å²) in [6, 6.07) is 0.809. The molecule has 0 spiro atoms. The Morgan fingerprint density at radius 1 is 1.41 bits per heavy atom. The van der Waals surface area contributed by atoms with E-state index in [1.807, 2.05) is 0 Å². The quantitative estimate of drug-likeness (QED) is 0.838. The standard InChI is InChI=1S/C14H28N2S/c1-3-6-13-7-4-5-8-16(13)14(10-15)9-12(2)17-11-14/h12-13H,3-11,15H2,1-2H3. The van der Waals surface area contributed by atoms with Crippen LogP contribution in [0.4, 0.5) is 0 Å². The molecule has 3 unspecified atom stereocenters. The molecule has 0 amide bonds. The first-order valence-corrected chi connectivity index (χ1v) is 8.35. The SMILES string of the molecule is CCCC1CCCCN1C1(CN)CSC(C)C1. The van der Waals surface area contributed by atoms with Crippen molar-refractivity contribution in [3.05, 3.63) is 0 Å². The van der Waals surface area contributed by atoms with E-state index in [2.05, 4.69) is 30.5 Å². The molecule has 2 rings (SSSR count). The number of likely N-dealkylation sites (tertiary alicyclic amines) is 1. The van der Waals surface area contributed by atoms with Crippen molar-refractivity contribution in [1.82, 2.24) is 4.90 Å². The van der Waals surface area contributed by atoms with Crippen LogP contribution in [0.2, 0.25) is 0 Å². The monoisotopic (exact) mass is 256 g/mol. The van der Waals surface area contributed by atoms with E-state index in [-0.39, 0.29) is 0 Å². The van der Waals surface area contributed by atoms with Crippen molar-refractivity contribution in [1.29, 1.82) is 0 Å². The lowest BCUT2D eigenvalue weighted by Gasteiger charge is -2.48. The largest absolute Gasteiger partial charge is 0.329 e. The van der Waals surface area contributed by atoms with Crippen molar-refractivity contribution in [2.75, 3.05) is 18.8 Å². The maximum atomic E-state index is 6.17. The van der Waals surface area contributed by atoms with E-state index in [1.54, 1.807) is 0 Å². The van der Waals surface area contributed by atoms with Crippen LogP contribution >= 0.6 is 11.8 Å². The molecule has 0 radical (unpaired) electrons. The molecule has 0 saturated carbocycles. The maximum Gasteiger partial charge on any atom is 0.0435 e. The molecule has 0 bridgehead atoms. The molecule has 2 aliphatic rings. The molecule has 0 aromatic heterocycles. The number of thioether (sulfide) groups is 1. The highest BCUT2D eigenvalue weighted by atomic mass is 32.2. The third kappa shape index (κ3) is 2.82. The summed E-state index contributed by atoms with van der Waals surface area (Å²) in [5.74, 6) is 1.25. The van der Waals surface area contributed by atoms with Gasteiger partial charge in [-0.25, -0.2) is 0 Å². The smallest absolute Gasteiger partial charge is 0.0435 e. The van der Waals surface area contributed by atoms with Crippen LogP contribution in [0.1, 0.15) is 52.4 Å². The molecule has 2 N–H and O–H groups in total. The molecule has 2 aliphatic heterocycles. The van der Waals surface area contributed by atoms with Crippen molar-refractivity contribution in [2.24, 2.45) is 5.73 Å². The van der Waals surface area contributed by atoms with Gasteiger partial charge in [-0.15, -0.1) is 0 Å². The van der Waals surface area contributed by atoms with Gasteiger partial charge in [0.1, 0.15) is 0 Å². The lowest BCUT2D eigenvalue weighted by molar-refractivity contribution is 0.0313. The first kappa shape index (κ1) is 13.7. The first-order valence-electron chi connectivity index (χ1n) is 7.30. The average Bonchev–Trinajstić information content (AvgIpc) is 2.73. The minimum absolute atomic E-state index is 0.324. The normalized spacial score (nSPS) is 39.7. The number of hydrogen-bond acceptors (Lipinski definition) is 3. The van der Waals surface area contributed by atoms with Gasteiger partial charge in [-0.3, -0.25) is 4.90 Å². The van der Waals surface area contributed by atoms with Crippen LogP contribution in [-0.2, 0) is 0 Å². The van der Waals surface area contributed by atoms with E-state index in [9.17, 15) is 0 Å². The number of piperidine rings is 1. The fraction of sp³-hybridized carbons (Fsp3) is 1.00. The summed E-state index contributed by atoms with van der Waals surface area (Å²) < 4.78 is 0. The molecule has 2 nitrogen and oxygen atoms in total. The van der Waals surface area contributed by atoms with Crippen LogP contribution in [0.5, 0.6) is 0 Å².